The Balaban J connectivity index is 1.77. The van der Waals surface area contributed by atoms with Crippen LogP contribution in [0.4, 0.5) is 0 Å². The van der Waals surface area contributed by atoms with E-state index in [4.69, 9.17) is 14.2 Å². The monoisotopic (exact) mass is 548 g/mol. The summed E-state index contributed by atoms with van der Waals surface area (Å²) in [4.78, 5) is 38.5. The van der Waals surface area contributed by atoms with Crippen molar-refractivity contribution in [2.75, 3.05) is 20.1 Å². The molecular formula is C28H40N2O9. The molecular weight excluding hydrogens is 508 g/mol. The van der Waals surface area contributed by atoms with Crippen LogP contribution < -0.4 is 10.1 Å². The maximum atomic E-state index is 12.9. The molecule has 1 aromatic carbocycles. The largest absolute Gasteiger partial charge is 0.504 e. The molecule has 11 nitrogen and oxygen atoms in total. The van der Waals surface area contributed by atoms with Gasteiger partial charge in [-0.15, -0.1) is 0 Å². The van der Waals surface area contributed by atoms with Crippen molar-refractivity contribution in [1.29, 1.82) is 0 Å². The van der Waals surface area contributed by atoms with Gasteiger partial charge in [-0.25, -0.2) is 4.79 Å². The van der Waals surface area contributed by atoms with Crippen LogP contribution in [0.2, 0.25) is 0 Å². The van der Waals surface area contributed by atoms with Crippen molar-refractivity contribution < 1.29 is 43.9 Å². The number of hydrogen-bond acceptors (Lipinski definition) is 10. The van der Waals surface area contributed by atoms with Gasteiger partial charge < -0.3 is 39.7 Å². The Morgan fingerprint density at radius 1 is 1.28 bits per heavy atom. The Morgan fingerprint density at radius 2 is 2.00 bits per heavy atom. The minimum absolute atomic E-state index is 0.0407. The zero-order valence-corrected chi connectivity index (χ0v) is 23.2. The van der Waals surface area contributed by atoms with Crippen LogP contribution in [0.15, 0.2) is 24.0 Å². The molecule has 1 aliphatic heterocycles. The number of phenolic OH excluding ortho intramolecular Hbond substituents is 1. The number of fused-ring (bicyclic) bond motifs is 3. The second-order valence-electron chi connectivity index (χ2n) is 10.5. The zero-order valence-electron chi connectivity index (χ0n) is 23.2. The lowest BCUT2D eigenvalue weighted by atomic mass is 9.80. The highest BCUT2D eigenvalue weighted by Crippen LogP contribution is 2.40. The van der Waals surface area contributed by atoms with E-state index in [1.165, 1.54) is 13.8 Å². The molecule has 11 heteroatoms. The molecule has 216 valence electrons. The number of esters is 2. The molecule has 1 aliphatic carbocycles. The third-order valence-electron chi connectivity index (χ3n) is 7.49. The summed E-state index contributed by atoms with van der Waals surface area (Å²) in [6.45, 7) is 7.23. The van der Waals surface area contributed by atoms with Crippen molar-refractivity contribution >= 4 is 17.8 Å². The Bertz CT molecular complexity index is 1100. The maximum Gasteiger partial charge on any atom is 0.352 e. The second kappa shape index (κ2) is 12.8. The molecule has 5 atom stereocenters. The van der Waals surface area contributed by atoms with Gasteiger partial charge in [-0.2, -0.15) is 0 Å². The first kappa shape index (κ1) is 30.4. The van der Waals surface area contributed by atoms with Crippen LogP contribution in [-0.4, -0.2) is 88.2 Å². The van der Waals surface area contributed by atoms with Crippen molar-refractivity contribution in [2.24, 2.45) is 0 Å². The van der Waals surface area contributed by atoms with E-state index in [1.807, 2.05) is 27.0 Å². The van der Waals surface area contributed by atoms with E-state index in [-0.39, 0.29) is 43.4 Å². The van der Waals surface area contributed by atoms with Gasteiger partial charge in [-0.1, -0.05) is 6.07 Å². The number of carbonyl (C=O) groups is 3. The van der Waals surface area contributed by atoms with Crippen LogP contribution in [0.3, 0.4) is 0 Å². The van der Waals surface area contributed by atoms with Gasteiger partial charge in [-0.3, -0.25) is 9.59 Å². The smallest absolute Gasteiger partial charge is 0.352 e. The number of nitrogens with one attached hydrogen (secondary N) is 1. The Morgan fingerprint density at radius 3 is 2.69 bits per heavy atom. The minimum Gasteiger partial charge on any atom is -0.504 e. The fourth-order valence-corrected chi connectivity index (χ4v) is 4.81. The normalized spacial score (nSPS) is 25.1. The predicted molar refractivity (Wildman–Crippen MR) is 141 cm³/mol. The summed E-state index contributed by atoms with van der Waals surface area (Å²) in [5.74, 6) is -1.76. The van der Waals surface area contributed by atoms with Gasteiger partial charge in [0, 0.05) is 24.6 Å². The number of likely N-dealkylation sites (N-methyl/N-ethyl adjacent to an activating group) is 1. The first-order valence-corrected chi connectivity index (χ1v) is 13.3. The summed E-state index contributed by atoms with van der Waals surface area (Å²) >= 11 is 0. The topological polar surface area (TPSA) is 155 Å². The SMILES string of the molecule is Cc1ccc(O)c2c1CCCN(C)[C@H](C)[C@]1(O)CC=C(OC(=O)[C@H](C)OC(=O)CCNC(=O)[C@H](C)O)[C@@H](C1)O2. The van der Waals surface area contributed by atoms with Crippen molar-refractivity contribution in [3.63, 3.8) is 0 Å². The fourth-order valence-electron chi connectivity index (χ4n) is 4.81. The van der Waals surface area contributed by atoms with Crippen LogP contribution in [0.1, 0.15) is 57.6 Å². The fraction of sp³-hybridized carbons (Fsp3) is 0.607. The third kappa shape index (κ3) is 7.49. The molecule has 3 rings (SSSR count). The van der Waals surface area contributed by atoms with Crippen molar-refractivity contribution in [1.82, 2.24) is 10.2 Å². The van der Waals surface area contributed by atoms with Gasteiger partial charge in [0.2, 0.25) is 5.91 Å². The lowest BCUT2D eigenvalue weighted by Gasteiger charge is -2.43. The number of rotatable bonds is 7. The zero-order chi connectivity index (χ0) is 28.9. The van der Waals surface area contributed by atoms with Crippen LogP contribution >= 0.6 is 0 Å². The molecule has 0 saturated heterocycles. The Hall–Kier alpha value is -3.15. The van der Waals surface area contributed by atoms with Gasteiger partial charge in [-0.05, 0) is 78.3 Å². The summed E-state index contributed by atoms with van der Waals surface area (Å²) in [5.41, 5.74) is 0.632. The summed E-state index contributed by atoms with van der Waals surface area (Å²) in [6, 6.07) is 3.16. The summed E-state index contributed by atoms with van der Waals surface area (Å²) < 4.78 is 17.1. The maximum absolute atomic E-state index is 12.9. The van der Waals surface area contributed by atoms with E-state index in [0.717, 1.165) is 24.1 Å². The van der Waals surface area contributed by atoms with E-state index in [1.54, 1.807) is 12.1 Å². The molecule has 1 heterocycles. The molecule has 0 fully saturated rings. The molecule has 0 spiro atoms. The Labute approximate surface area is 228 Å². The standard InChI is InChI=1S/C28H40N2O9/c1-16-8-9-21(32)25-20(16)7-6-14-30(5)19(4)28(36)12-10-22(23(15-28)38-25)39-27(35)18(3)37-24(33)11-13-29-26(34)17(2)31/h8-10,17-19,23,31-32,36H,6-7,11-15H2,1-5H3,(H,29,34)/t17-,18-,19+,23+,28-/m0/s1. The number of phenols is 1. The molecule has 39 heavy (non-hydrogen) atoms. The highest BCUT2D eigenvalue weighted by Gasteiger charge is 2.44. The highest BCUT2D eigenvalue weighted by molar-refractivity contribution is 5.81. The number of ether oxygens (including phenoxy) is 3. The summed E-state index contributed by atoms with van der Waals surface area (Å²) in [6.07, 6.45) is -0.143. The predicted octanol–water partition coefficient (Wildman–Crippen LogP) is 1.49. The van der Waals surface area contributed by atoms with Gasteiger partial charge in [0.25, 0.3) is 0 Å². The van der Waals surface area contributed by atoms with E-state index < -0.39 is 41.8 Å². The molecule has 1 aromatic rings. The highest BCUT2D eigenvalue weighted by atomic mass is 16.6. The van der Waals surface area contributed by atoms with Crippen molar-refractivity contribution in [3.8, 4) is 11.5 Å². The average Bonchev–Trinajstić information content (AvgIpc) is 2.89. The second-order valence-corrected chi connectivity index (χ2v) is 10.5. The van der Waals surface area contributed by atoms with Gasteiger partial charge in [0.05, 0.1) is 12.0 Å². The molecule has 0 aromatic heterocycles. The number of aromatic hydroxyl groups is 1. The molecule has 0 radical (unpaired) electrons. The Kier molecular flexibility index (Phi) is 9.98. The molecule has 2 aliphatic rings. The number of nitrogens with zero attached hydrogens (tertiary/aromatic N) is 1. The van der Waals surface area contributed by atoms with Gasteiger partial charge >= 0.3 is 11.9 Å². The van der Waals surface area contributed by atoms with Gasteiger partial charge in [0.1, 0.15) is 11.9 Å². The molecule has 0 unspecified atom stereocenters. The van der Waals surface area contributed by atoms with E-state index in [2.05, 4.69) is 10.2 Å². The lowest BCUT2D eigenvalue weighted by molar-refractivity contribution is -0.165. The molecule has 4 N–H and O–H groups in total. The van der Waals surface area contributed by atoms with Crippen molar-refractivity contribution in [2.45, 2.75) is 89.8 Å². The number of amides is 1. The van der Waals surface area contributed by atoms with Crippen LogP contribution in [0.5, 0.6) is 11.5 Å². The van der Waals surface area contributed by atoms with Crippen LogP contribution in [0, 0.1) is 6.92 Å². The number of aliphatic hydroxyl groups is 2. The molecule has 2 bridgehead atoms. The molecule has 1 amide bonds. The van der Waals surface area contributed by atoms with Crippen molar-refractivity contribution in [3.05, 3.63) is 35.1 Å². The number of carbonyl (C=O) groups excluding carboxylic acids is 3. The number of benzene rings is 1. The van der Waals surface area contributed by atoms with Crippen LogP contribution in [-0.2, 0) is 30.3 Å². The third-order valence-corrected chi connectivity index (χ3v) is 7.49. The quantitative estimate of drug-likeness (QED) is 0.368. The number of aryl methyl sites for hydroxylation is 1. The summed E-state index contributed by atoms with van der Waals surface area (Å²) in [5, 5.41) is 33.8. The van der Waals surface area contributed by atoms with E-state index >= 15 is 0 Å². The van der Waals surface area contributed by atoms with Crippen LogP contribution in [0.25, 0.3) is 0 Å². The minimum atomic E-state index is -1.25. The molecule has 0 saturated carbocycles. The first-order chi connectivity index (χ1) is 18.3. The first-order valence-electron chi connectivity index (χ1n) is 13.3. The lowest BCUT2D eigenvalue weighted by Crippen LogP contribution is -2.54. The van der Waals surface area contributed by atoms with E-state index in [0.29, 0.717) is 12.2 Å². The summed E-state index contributed by atoms with van der Waals surface area (Å²) in [7, 11) is 1.96. The van der Waals surface area contributed by atoms with Gasteiger partial charge in [0.15, 0.2) is 23.7 Å². The average molecular weight is 549 g/mol. The number of hydrogen-bond donors (Lipinski definition) is 4. The van der Waals surface area contributed by atoms with E-state index in [9.17, 15) is 29.7 Å². The number of aliphatic hydroxyl groups excluding tert-OH is 1.